The first-order valence-corrected chi connectivity index (χ1v) is 5.83. The first-order chi connectivity index (χ1) is 8.54. The Kier molecular flexibility index (Phi) is 3.23. The first kappa shape index (κ1) is 12.4. The number of carbonyl (C=O) groups excluding carboxylic acids is 1. The molecular formula is C13H15NO4. The topological polar surface area (TPSA) is 66.8 Å². The van der Waals surface area contributed by atoms with Crippen LogP contribution in [0.1, 0.15) is 18.9 Å². The maximum atomic E-state index is 11.9. The molecule has 1 atom stereocenters. The van der Waals surface area contributed by atoms with E-state index in [0.29, 0.717) is 17.9 Å². The molecule has 1 heterocycles. The molecule has 1 amide bonds. The average Bonchev–Trinajstić information content (AvgIpc) is 2.32. The summed E-state index contributed by atoms with van der Waals surface area (Å²) < 4.78 is 5.31. The Balaban J connectivity index is 2.50. The largest absolute Gasteiger partial charge is 0.482 e. The number of nitrogens with zero attached hydrogens (tertiary/aromatic N) is 1. The zero-order chi connectivity index (χ0) is 13.3. The summed E-state index contributed by atoms with van der Waals surface area (Å²) in [6.45, 7) is 3.52. The molecule has 2 rings (SSSR count). The quantitative estimate of drug-likeness (QED) is 0.883. The molecule has 1 unspecified atom stereocenters. The van der Waals surface area contributed by atoms with Gasteiger partial charge in [-0.05, 0) is 31.0 Å². The molecule has 0 aromatic heterocycles. The van der Waals surface area contributed by atoms with Gasteiger partial charge in [-0.3, -0.25) is 9.69 Å². The number of rotatable bonds is 3. The van der Waals surface area contributed by atoms with Crippen LogP contribution in [0, 0.1) is 6.92 Å². The fourth-order valence-electron chi connectivity index (χ4n) is 2.09. The highest BCUT2D eigenvalue weighted by Gasteiger charge is 2.34. The van der Waals surface area contributed by atoms with Gasteiger partial charge in [0.1, 0.15) is 11.8 Å². The Hall–Kier alpha value is -2.04. The van der Waals surface area contributed by atoms with Gasteiger partial charge in [-0.15, -0.1) is 0 Å². The average molecular weight is 249 g/mol. The Labute approximate surface area is 105 Å². The molecule has 1 aromatic rings. The molecule has 96 valence electrons. The van der Waals surface area contributed by atoms with E-state index in [1.165, 1.54) is 4.90 Å². The highest BCUT2D eigenvalue weighted by atomic mass is 16.5. The molecule has 1 N–H and O–H groups in total. The van der Waals surface area contributed by atoms with Crippen molar-refractivity contribution in [2.75, 3.05) is 11.5 Å². The second-order valence-electron chi connectivity index (χ2n) is 4.29. The first-order valence-electron chi connectivity index (χ1n) is 5.83. The summed E-state index contributed by atoms with van der Waals surface area (Å²) in [6.07, 6.45) is 0.356. The normalized spacial score (nSPS) is 15.9. The highest BCUT2D eigenvalue weighted by Crippen LogP contribution is 2.34. The summed E-state index contributed by atoms with van der Waals surface area (Å²) in [6, 6.07) is 4.56. The van der Waals surface area contributed by atoms with E-state index in [4.69, 9.17) is 4.74 Å². The fourth-order valence-corrected chi connectivity index (χ4v) is 2.09. The second kappa shape index (κ2) is 4.68. The summed E-state index contributed by atoms with van der Waals surface area (Å²) in [5.74, 6) is -0.762. The molecule has 18 heavy (non-hydrogen) atoms. The molecule has 0 saturated heterocycles. The number of hydrogen-bond acceptors (Lipinski definition) is 3. The van der Waals surface area contributed by atoms with Gasteiger partial charge in [0.2, 0.25) is 0 Å². The van der Waals surface area contributed by atoms with Crippen LogP contribution in [0.25, 0.3) is 0 Å². The maximum Gasteiger partial charge on any atom is 0.326 e. The van der Waals surface area contributed by atoms with Crippen molar-refractivity contribution < 1.29 is 19.4 Å². The number of carbonyl (C=O) groups is 2. The smallest absolute Gasteiger partial charge is 0.326 e. The summed E-state index contributed by atoms with van der Waals surface area (Å²) in [5, 5.41) is 9.20. The van der Waals surface area contributed by atoms with Crippen molar-refractivity contribution in [1.82, 2.24) is 0 Å². The van der Waals surface area contributed by atoms with Gasteiger partial charge in [0.15, 0.2) is 6.61 Å². The number of ether oxygens (including phenoxy) is 1. The lowest BCUT2D eigenvalue weighted by molar-refractivity contribution is -0.140. The van der Waals surface area contributed by atoms with E-state index in [1.54, 1.807) is 19.1 Å². The van der Waals surface area contributed by atoms with E-state index < -0.39 is 12.0 Å². The van der Waals surface area contributed by atoms with E-state index in [1.807, 2.05) is 13.0 Å². The second-order valence-corrected chi connectivity index (χ2v) is 4.29. The molecule has 0 bridgehead atoms. The van der Waals surface area contributed by atoms with Crippen molar-refractivity contribution in [2.45, 2.75) is 26.3 Å². The minimum absolute atomic E-state index is 0.111. The van der Waals surface area contributed by atoms with Crippen LogP contribution in [-0.2, 0) is 9.59 Å². The van der Waals surface area contributed by atoms with Crippen molar-refractivity contribution in [1.29, 1.82) is 0 Å². The lowest BCUT2D eigenvalue weighted by atomic mass is 10.1. The Morgan fingerprint density at radius 1 is 1.56 bits per heavy atom. The van der Waals surface area contributed by atoms with E-state index in [0.717, 1.165) is 5.56 Å². The molecule has 5 heteroatoms. The van der Waals surface area contributed by atoms with Gasteiger partial charge in [0, 0.05) is 0 Å². The minimum Gasteiger partial charge on any atom is -0.482 e. The Morgan fingerprint density at radius 3 is 2.89 bits per heavy atom. The van der Waals surface area contributed by atoms with Crippen LogP contribution in [0.15, 0.2) is 18.2 Å². The number of carboxylic acid groups (broad SMARTS) is 1. The highest BCUT2D eigenvalue weighted by molar-refractivity contribution is 6.02. The third-order valence-electron chi connectivity index (χ3n) is 2.98. The number of carboxylic acids is 1. The van der Waals surface area contributed by atoms with Crippen LogP contribution in [0.5, 0.6) is 5.75 Å². The SMILES string of the molecule is CCC(C(=O)O)N1C(=O)COc2ccc(C)cc21. The van der Waals surface area contributed by atoms with Gasteiger partial charge in [-0.1, -0.05) is 13.0 Å². The van der Waals surface area contributed by atoms with E-state index in [9.17, 15) is 14.7 Å². The number of benzene rings is 1. The zero-order valence-corrected chi connectivity index (χ0v) is 10.3. The zero-order valence-electron chi connectivity index (χ0n) is 10.3. The van der Waals surface area contributed by atoms with Crippen molar-refractivity contribution >= 4 is 17.6 Å². The molecule has 0 spiro atoms. The molecule has 0 saturated carbocycles. The predicted octanol–water partition coefficient (Wildman–Crippen LogP) is 1.58. The lowest BCUT2D eigenvalue weighted by Crippen LogP contribution is -2.49. The third-order valence-corrected chi connectivity index (χ3v) is 2.98. The van der Waals surface area contributed by atoms with Gasteiger partial charge in [0.05, 0.1) is 5.69 Å². The third kappa shape index (κ3) is 2.03. The van der Waals surface area contributed by atoms with Crippen molar-refractivity contribution in [2.24, 2.45) is 0 Å². The Bertz CT molecular complexity index is 498. The standard InChI is InChI=1S/C13H15NO4/c1-3-9(13(16)17)14-10-6-8(2)4-5-11(10)18-7-12(14)15/h4-6,9H,3,7H2,1-2H3,(H,16,17). The summed E-state index contributed by atoms with van der Waals surface area (Å²) in [4.78, 5) is 24.5. The summed E-state index contributed by atoms with van der Waals surface area (Å²) in [5.41, 5.74) is 1.50. The van der Waals surface area contributed by atoms with Gasteiger partial charge >= 0.3 is 5.97 Å². The van der Waals surface area contributed by atoms with Gasteiger partial charge < -0.3 is 9.84 Å². The molecule has 0 fully saturated rings. The number of aryl methyl sites for hydroxylation is 1. The van der Waals surface area contributed by atoms with Crippen molar-refractivity contribution in [3.63, 3.8) is 0 Å². The number of hydrogen-bond donors (Lipinski definition) is 1. The fraction of sp³-hybridized carbons (Fsp3) is 0.385. The predicted molar refractivity (Wildman–Crippen MR) is 65.9 cm³/mol. The molecule has 1 aromatic carbocycles. The Morgan fingerprint density at radius 2 is 2.28 bits per heavy atom. The summed E-state index contributed by atoms with van der Waals surface area (Å²) in [7, 11) is 0. The summed E-state index contributed by atoms with van der Waals surface area (Å²) >= 11 is 0. The van der Waals surface area contributed by atoms with Gasteiger partial charge in [-0.2, -0.15) is 0 Å². The number of amides is 1. The monoisotopic (exact) mass is 249 g/mol. The van der Waals surface area contributed by atoms with Crippen molar-refractivity contribution in [3.8, 4) is 5.75 Å². The van der Waals surface area contributed by atoms with E-state index >= 15 is 0 Å². The van der Waals surface area contributed by atoms with Crippen LogP contribution >= 0.6 is 0 Å². The molecular weight excluding hydrogens is 234 g/mol. The van der Waals surface area contributed by atoms with Crippen LogP contribution in [0.2, 0.25) is 0 Å². The van der Waals surface area contributed by atoms with E-state index in [2.05, 4.69) is 0 Å². The van der Waals surface area contributed by atoms with Crippen LogP contribution in [0.4, 0.5) is 5.69 Å². The van der Waals surface area contributed by atoms with Gasteiger partial charge in [0.25, 0.3) is 5.91 Å². The number of aliphatic carboxylic acids is 1. The minimum atomic E-state index is -1.000. The maximum absolute atomic E-state index is 11.9. The number of anilines is 1. The van der Waals surface area contributed by atoms with E-state index in [-0.39, 0.29) is 12.5 Å². The molecule has 0 radical (unpaired) electrons. The van der Waals surface area contributed by atoms with Gasteiger partial charge in [-0.25, -0.2) is 4.79 Å². The molecule has 1 aliphatic heterocycles. The molecule has 0 aliphatic carbocycles. The molecule has 5 nitrogen and oxygen atoms in total. The van der Waals surface area contributed by atoms with Crippen LogP contribution < -0.4 is 9.64 Å². The lowest BCUT2D eigenvalue weighted by Gasteiger charge is -2.33. The van der Waals surface area contributed by atoms with Crippen LogP contribution in [0.3, 0.4) is 0 Å². The molecule has 1 aliphatic rings. The van der Waals surface area contributed by atoms with Crippen LogP contribution in [-0.4, -0.2) is 29.6 Å². The number of fused-ring (bicyclic) bond motifs is 1. The van der Waals surface area contributed by atoms with Crippen molar-refractivity contribution in [3.05, 3.63) is 23.8 Å².